The minimum atomic E-state index is 0.782. The van der Waals surface area contributed by atoms with Gasteiger partial charge in [0.25, 0.3) is 0 Å². The lowest BCUT2D eigenvalue weighted by molar-refractivity contribution is 0.318. The average Bonchev–Trinajstić information content (AvgIpc) is 2.15. The van der Waals surface area contributed by atoms with Crippen molar-refractivity contribution in [2.75, 3.05) is 0 Å². The summed E-state index contributed by atoms with van der Waals surface area (Å²) in [5, 5.41) is 12.2. The zero-order valence-electron chi connectivity index (χ0n) is 9.04. The van der Waals surface area contributed by atoms with Crippen molar-refractivity contribution in [2.45, 2.75) is 33.6 Å². The van der Waals surface area contributed by atoms with Crippen LogP contribution in [0.1, 0.15) is 36.5 Å². The molecule has 0 aliphatic rings. The van der Waals surface area contributed by atoms with Gasteiger partial charge in [-0.1, -0.05) is 42.3 Å². The van der Waals surface area contributed by atoms with Crippen LogP contribution in [0.2, 0.25) is 0 Å². The van der Waals surface area contributed by atoms with Crippen molar-refractivity contribution in [1.82, 2.24) is 0 Å². The van der Waals surface area contributed by atoms with Crippen LogP contribution in [0.5, 0.6) is 0 Å². The maximum Gasteiger partial charge on any atom is 0.0870 e. The van der Waals surface area contributed by atoms with Gasteiger partial charge in [-0.05, 0) is 25.8 Å². The molecule has 0 fully saturated rings. The molecule has 2 heteroatoms. The second-order valence-electron chi connectivity index (χ2n) is 3.62. The summed E-state index contributed by atoms with van der Waals surface area (Å²) in [7, 11) is 0. The number of hydrogen-bond acceptors (Lipinski definition) is 2. The third-order valence-corrected chi connectivity index (χ3v) is 2.30. The third-order valence-electron chi connectivity index (χ3n) is 2.30. The zero-order valence-corrected chi connectivity index (χ0v) is 9.04. The Bertz CT molecular complexity index is 342. The van der Waals surface area contributed by atoms with Crippen molar-refractivity contribution >= 4 is 5.71 Å². The highest BCUT2D eigenvalue weighted by Gasteiger charge is 2.06. The Kier molecular flexibility index (Phi) is 3.69. The smallest absolute Gasteiger partial charge is 0.0870 e. The van der Waals surface area contributed by atoms with Gasteiger partial charge >= 0.3 is 0 Å². The maximum atomic E-state index is 8.89. The van der Waals surface area contributed by atoms with Crippen molar-refractivity contribution in [3.05, 3.63) is 34.9 Å². The van der Waals surface area contributed by atoms with E-state index in [0.29, 0.717) is 0 Å². The van der Waals surface area contributed by atoms with Crippen LogP contribution >= 0.6 is 0 Å². The van der Waals surface area contributed by atoms with Crippen molar-refractivity contribution in [3.8, 4) is 0 Å². The summed E-state index contributed by atoms with van der Waals surface area (Å²) >= 11 is 0. The highest BCUT2D eigenvalue weighted by atomic mass is 16.4. The lowest BCUT2D eigenvalue weighted by Crippen LogP contribution is -2.03. The summed E-state index contributed by atoms with van der Waals surface area (Å²) in [5.74, 6) is 0. The van der Waals surface area contributed by atoms with E-state index in [1.807, 2.05) is 19.1 Å². The first kappa shape index (κ1) is 10.8. The minimum Gasteiger partial charge on any atom is -0.411 e. The van der Waals surface area contributed by atoms with E-state index in [2.05, 4.69) is 25.1 Å². The number of hydrogen-bond donors (Lipinski definition) is 1. The van der Waals surface area contributed by atoms with Gasteiger partial charge in [-0.25, -0.2) is 0 Å². The van der Waals surface area contributed by atoms with Crippen LogP contribution in [-0.4, -0.2) is 10.9 Å². The molecule has 0 amide bonds. The number of nitrogens with zero attached hydrogens (tertiary/aromatic N) is 1. The average molecular weight is 191 g/mol. The van der Waals surface area contributed by atoms with Crippen LogP contribution in [0.15, 0.2) is 23.4 Å². The van der Waals surface area contributed by atoms with Crippen LogP contribution in [0.3, 0.4) is 0 Å². The normalized spacial score (nSPS) is 11.8. The highest BCUT2D eigenvalue weighted by Crippen LogP contribution is 2.14. The van der Waals surface area contributed by atoms with Crippen molar-refractivity contribution in [2.24, 2.45) is 5.16 Å². The molecule has 0 spiro atoms. The minimum absolute atomic E-state index is 0.782. The second-order valence-corrected chi connectivity index (χ2v) is 3.62. The van der Waals surface area contributed by atoms with E-state index < -0.39 is 0 Å². The molecule has 0 heterocycles. The first-order chi connectivity index (χ1) is 6.69. The number of aryl methyl sites for hydroxylation is 2. The number of benzene rings is 1. The standard InChI is InChI=1S/C12H17NO/c1-4-5-12(13-14)11-7-6-9(2)8-10(11)3/h6-8,14H,4-5H2,1-3H3/b13-12-. The molecule has 2 nitrogen and oxygen atoms in total. The van der Waals surface area contributed by atoms with E-state index in [1.165, 1.54) is 11.1 Å². The van der Waals surface area contributed by atoms with Crippen LogP contribution in [0.4, 0.5) is 0 Å². The second kappa shape index (κ2) is 4.80. The maximum absolute atomic E-state index is 8.89. The van der Waals surface area contributed by atoms with Gasteiger partial charge in [-0.15, -0.1) is 0 Å². The number of oxime groups is 1. The fourth-order valence-corrected chi connectivity index (χ4v) is 1.61. The largest absolute Gasteiger partial charge is 0.411 e. The van der Waals surface area contributed by atoms with Crippen molar-refractivity contribution in [1.29, 1.82) is 0 Å². The zero-order chi connectivity index (χ0) is 10.6. The molecule has 0 aliphatic carbocycles. The van der Waals surface area contributed by atoms with Crippen molar-refractivity contribution < 1.29 is 5.21 Å². The lowest BCUT2D eigenvalue weighted by Gasteiger charge is -2.07. The molecule has 1 aromatic rings. The van der Waals surface area contributed by atoms with E-state index in [9.17, 15) is 0 Å². The SMILES string of the molecule is CCC/C(=N/O)c1ccc(C)cc1C. The fourth-order valence-electron chi connectivity index (χ4n) is 1.61. The predicted molar refractivity (Wildman–Crippen MR) is 59.1 cm³/mol. The van der Waals surface area contributed by atoms with E-state index in [-0.39, 0.29) is 0 Å². The van der Waals surface area contributed by atoms with Crippen LogP contribution in [0, 0.1) is 13.8 Å². The molecule has 0 atom stereocenters. The number of rotatable bonds is 3. The summed E-state index contributed by atoms with van der Waals surface area (Å²) in [6, 6.07) is 6.18. The van der Waals surface area contributed by atoms with Crippen LogP contribution in [-0.2, 0) is 0 Å². The Morgan fingerprint density at radius 2 is 2.07 bits per heavy atom. The Labute approximate surface area is 85.3 Å². The highest BCUT2D eigenvalue weighted by molar-refractivity contribution is 6.01. The van der Waals surface area contributed by atoms with Crippen LogP contribution < -0.4 is 0 Å². The molecule has 0 aliphatic heterocycles. The van der Waals surface area contributed by atoms with Crippen LogP contribution in [0.25, 0.3) is 0 Å². The van der Waals surface area contributed by atoms with Gasteiger partial charge in [0.1, 0.15) is 0 Å². The summed E-state index contributed by atoms with van der Waals surface area (Å²) < 4.78 is 0. The molecule has 1 aromatic carbocycles. The predicted octanol–water partition coefficient (Wildman–Crippen LogP) is 3.28. The summed E-state index contributed by atoms with van der Waals surface area (Å²) in [6.45, 7) is 6.18. The van der Waals surface area contributed by atoms with Gasteiger partial charge in [0.2, 0.25) is 0 Å². The Hall–Kier alpha value is -1.31. The van der Waals surface area contributed by atoms with Gasteiger partial charge in [0.15, 0.2) is 0 Å². The molecule has 0 aromatic heterocycles. The fraction of sp³-hybridized carbons (Fsp3) is 0.417. The quantitative estimate of drug-likeness (QED) is 0.444. The Morgan fingerprint density at radius 3 is 2.57 bits per heavy atom. The monoisotopic (exact) mass is 191 g/mol. The molecule has 0 radical (unpaired) electrons. The van der Waals surface area contributed by atoms with Gasteiger partial charge in [0, 0.05) is 5.56 Å². The van der Waals surface area contributed by atoms with Crippen molar-refractivity contribution in [3.63, 3.8) is 0 Å². The third kappa shape index (κ3) is 2.34. The first-order valence-corrected chi connectivity index (χ1v) is 4.97. The molecule has 0 saturated heterocycles. The lowest BCUT2D eigenvalue weighted by atomic mass is 9.99. The topological polar surface area (TPSA) is 32.6 Å². The Morgan fingerprint density at radius 1 is 1.36 bits per heavy atom. The molecule has 1 rings (SSSR count). The van der Waals surface area contributed by atoms with E-state index in [0.717, 1.165) is 24.1 Å². The molecule has 14 heavy (non-hydrogen) atoms. The molecule has 1 N–H and O–H groups in total. The van der Waals surface area contributed by atoms with E-state index in [4.69, 9.17) is 5.21 Å². The summed E-state index contributed by atoms with van der Waals surface area (Å²) in [5.41, 5.74) is 4.25. The summed E-state index contributed by atoms with van der Waals surface area (Å²) in [6.07, 6.45) is 1.81. The Balaban J connectivity index is 3.05. The molecular formula is C12H17NO. The van der Waals surface area contributed by atoms with Gasteiger partial charge in [-0.2, -0.15) is 0 Å². The van der Waals surface area contributed by atoms with Gasteiger partial charge in [0.05, 0.1) is 5.71 Å². The van der Waals surface area contributed by atoms with E-state index in [1.54, 1.807) is 0 Å². The van der Waals surface area contributed by atoms with Gasteiger partial charge in [-0.3, -0.25) is 0 Å². The molecule has 0 saturated carbocycles. The molecular weight excluding hydrogens is 174 g/mol. The molecule has 0 unspecified atom stereocenters. The summed E-state index contributed by atoms with van der Waals surface area (Å²) in [4.78, 5) is 0. The van der Waals surface area contributed by atoms with E-state index >= 15 is 0 Å². The molecule has 76 valence electrons. The first-order valence-electron chi connectivity index (χ1n) is 4.97. The molecule has 0 bridgehead atoms. The van der Waals surface area contributed by atoms with Gasteiger partial charge < -0.3 is 5.21 Å².